The first-order valence-electron chi connectivity index (χ1n) is 4.21. The number of hydrogen-bond acceptors (Lipinski definition) is 3. The van der Waals surface area contributed by atoms with E-state index in [1.54, 1.807) is 0 Å². The Kier molecular flexibility index (Phi) is 2.96. The number of hydrogen-bond donors (Lipinski definition) is 3. The molecule has 1 aromatic carbocycles. The fraction of sp³-hybridized carbons (Fsp3) is 0.333. The van der Waals surface area contributed by atoms with Gasteiger partial charge in [-0.05, 0) is 42.6 Å². The van der Waals surface area contributed by atoms with Crippen molar-refractivity contribution in [2.24, 2.45) is 0 Å². The van der Waals surface area contributed by atoms with Crippen LogP contribution < -0.4 is 10.8 Å². The Morgan fingerprint density at radius 2 is 1.62 bits per heavy atom. The number of anilines is 1. The normalized spacial score (nSPS) is 9.92. The van der Waals surface area contributed by atoms with Crippen LogP contribution in [0.3, 0.4) is 0 Å². The van der Waals surface area contributed by atoms with E-state index in [4.69, 9.17) is 10.0 Å². The van der Waals surface area contributed by atoms with Crippen LogP contribution in [0.15, 0.2) is 12.1 Å². The van der Waals surface area contributed by atoms with Crippen molar-refractivity contribution in [3.63, 3.8) is 0 Å². The van der Waals surface area contributed by atoms with Crippen LogP contribution in [0.25, 0.3) is 0 Å². The van der Waals surface area contributed by atoms with Crippen LogP contribution in [-0.4, -0.2) is 24.2 Å². The molecule has 3 nitrogen and oxygen atoms in total. The highest BCUT2D eigenvalue weighted by Crippen LogP contribution is 2.11. The molecule has 0 aliphatic carbocycles. The Morgan fingerprint density at radius 1 is 1.15 bits per heavy atom. The fourth-order valence-corrected chi connectivity index (χ4v) is 1.53. The van der Waals surface area contributed by atoms with E-state index < -0.39 is 7.12 Å². The standard InChI is InChI=1S/C9H14BNO2/c1-6-4-8(11-3)5-7(2)9(6)10(12)13/h4-5,11-13H,1-3H3. The Balaban J connectivity index is 3.23. The van der Waals surface area contributed by atoms with E-state index in [2.05, 4.69) is 5.32 Å². The van der Waals surface area contributed by atoms with Crippen molar-refractivity contribution in [2.45, 2.75) is 13.8 Å². The lowest BCUT2D eigenvalue weighted by atomic mass is 9.74. The minimum atomic E-state index is -1.38. The van der Waals surface area contributed by atoms with E-state index in [1.165, 1.54) is 0 Å². The monoisotopic (exact) mass is 179 g/mol. The molecule has 70 valence electrons. The van der Waals surface area contributed by atoms with Gasteiger partial charge in [0.1, 0.15) is 0 Å². The van der Waals surface area contributed by atoms with Gasteiger partial charge in [-0.3, -0.25) is 0 Å². The molecule has 0 aliphatic heterocycles. The van der Waals surface area contributed by atoms with Gasteiger partial charge in [0.05, 0.1) is 0 Å². The van der Waals surface area contributed by atoms with Crippen LogP contribution in [0.1, 0.15) is 11.1 Å². The van der Waals surface area contributed by atoms with Gasteiger partial charge in [-0.1, -0.05) is 0 Å². The van der Waals surface area contributed by atoms with Crippen LogP contribution in [0.2, 0.25) is 0 Å². The molecule has 0 spiro atoms. The summed E-state index contributed by atoms with van der Waals surface area (Å²) in [5.74, 6) is 0. The number of rotatable bonds is 2. The fourth-order valence-electron chi connectivity index (χ4n) is 1.53. The Labute approximate surface area is 78.6 Å². The molecule has 4 heteroatoms. The first-order chi connectivity index (χ1) is 6.06. The topological polar surface area (TPSA) is 52.5 Å². The van der Waals surface area contributed by atoms with Crippen molar-refractivity contribution in [3.8, 4) is 0 Å². The zero-order chi connectivity index (χ0) is 10.0. The molecule has 0 saturated heterocycles. The third-order valence-electron chi connectivity index (χ3n) is 2.14. The molecule has 0 fully saturated rings. The summed E-state index contributed by atoms with van der Waals surface area (Å²) in [6.45, 7) is 3.73. The van der Waals surface area contributed by atoms with Crippen molar-refractivity contribution >= 4 is 18.3 Å². The number of aryl methyl sites for hydroxylation is 2. The molecule has 0 saturated carbocycles. The molecule has 0 radical (unpaired) electrons. The van der Waals surface area contributed by atoms with Gasteiger partial charge < -0.3 is 15.4 Å². The summed E-state index contributed by atoms with van der Waals surface area (Å²) in [6, 6.07) is 3.78. The predicted octanol–water partition coefficient (Wildman–Crippen LogP) is 0.0249. The predicted molar refractivity (Wildman–Crippen MR) is 55.3 cm³/mol. The summed E-state index contributed by atoms with van der Waals surface area (Å²) in [7, 11) is 0.453. The average Bonchev–Trinajstić information content (AvgIpc) is 2.02. The summed E-state index contributed by atoms with van der Waals surface area (Å²) in [6.07, 6.45) is 0. The molecule has 0 bridgehead atoms. The second-order valence-electron chi connectivity index (χ2n) is 3.15. The number of benzene rings is 1. The summed E-state index contributed by atoms with van der Waals surface area (Å²) in [5, 5.41) is 21.2. The third kappa shape index (κ3) is 2.02. The molecule has 0 amide bonds. The van der Waals surface area contributed by atoms with Crippen molar-refractivity contribution < 1.29 is 10.0 Å². The molecule has 0 aliphatic rings. The molecule has 0 atom stereocenters. The summed E-state index contributed by atoms with van der Waals surface area (Å²) in [5.41, 5.74) is 3.36. The van der Waals surface area contributed by atoms with E-state index in [1.807, 2.05) is 33.0 Å². The maximum Gasteiger partial charge on any atom is 0.488 e. The summed E-state index contributed by atoms with van der Waals surface area (Å²) in [4.78, 5) is 0. The van der Waals surface area contributed by atoms with E-state index in [0.717, 1.165) is 16.8 Å². The summed E-state index contributed by atoms with van der Waals surface area (Å²) < 4.78 is 0. The molecule has 1 rings (SSSR count). The van der Waals surface area contributed by atoms with Gasteiger partial charge in [0, 0.05) is 12.7 Å². The molecule has 0 heterocycles. The third-order valence-corrected chi connectivity index (χ3v) is 2.14. The van der Waals surface area contributed by atoms with Crippen LogP contribution in [0.4, 0.5) is 5.69 Å². The molecule has 0 aromatic heterocycles. The average molecular weight is 179 g/mol. The van der Waals surface area contributed by atoms with E-state index >= 15 is 0 Å². The van der Waals surface area contributed by atoms with Crippen molar-refractivity contribution in [1.29, 1.82) is 0 Å². The summed E-state index contributed by atoms with van der Waals surface area (Å²) >= 11 is 0. The smallest absolute Gasteiger partial charge is 0.423 e. The SMILES string of the molecule is CNc1cc(C)c(B(O)O)c(C)c1. The van der Waals surface area contributed by atoms with Gasteiger partial charge in [-0.15, -0.1) is 0 Å². The Morgan fingerprint density at radius 3 is 1.92 bits per heavy atom. The lowest BCUT2D eigenvalue weighted by molar-refractivity contribution is 0.425. The minimum Gasteiger partial charge on any atom is -0.423 e. The first kappa shape index (κ1) is 10.1. The molecule has 3 N–H and O–H groups in total. The van der Waals surface area contributed by atoms with Crippen LogP contribution in [-0.2, 0) is 0 Å². The quantitative estimate of drug-likeness (QED) is 0.561. The Bertz CT molecular complexity index is 289. The molecular formula is C9H14BNO2. The minimum absolute atomic E-state index is 0.596. The van der Waals surface area contributed by atoms with Crippen molar-refractivity contribution in [2.75, 3.05) is 12.4 Å². The van der Waals surface area contributed by atoms with Gasteiger partial charge in [0.2, 0.25) is 0 Å². The van der Waals surface area contributed by atoms with Crippen molar-refractivity contribution in [3.05, 3.63) is 23.3 Å². The second-order valence-corrected chi connectivity index (χ2v) is 3.15. The van der Waals surface area contributed by atoms with Crippen LogP contribution in [0.5, 0.6) is 0 Å². The highest BCUT2D eigenvalue weighted by Gasteiger charge is 2.16. The molecular weight excluding hydrogens is 165 g/mol. The Hall–Kier alpha value is -0.995. The van der Waals surface area contributed by atoms with E-state index in [-0.39, 0.29) is 0 Å². The van der Waals surface area contributed by atoms with Gasteiger partial charge in [-0.25, -0.2) is 0 Å². The molecule has 1 aromatic rings. The van der Waals surface area contributed by atoms with Crippen LogP contribution in [0, 0.1) is 13.8 Å². The van der Waals surface area contributed by atoms with Gasteiger partial charge in [0.15, 0.2) is 0 Å². The van der Waals surface area contributed by atoms with E-state index in [0.29, 0.717) is 5.46 Å². The highest BCUT2D eigenvalue weighted by atomic mass is 16.4. The zero-order valence-electron chi connectivity index (χ0n) is 8.13. The highest BCUT2D eigenvalue weighted by molar-refractivity contribution is 6.59. The molecule has 13 heavy (non-hydrogen) atoms. The van der Waals surface area contributed by atoms with E-state index in [9.17, 15) is 0 Å². The lowest BCUT2D eigenvalue weighted by Gasteiger charge is -2.11. The lowest BCUT2D eigenvalue weighted by Crippen LogP contribution is -2.34. The maximum atomic E-state index is 9.08. The second kappa shape index (κ2) is 3.81. The first-order valence-corrected chi connectivity index (χ1v) is 4.21. The van der Waals surface area contributed by atoms with Crippen molar-refractivity contribution in [1.82, 2.24) is 0 Å². The van der Waals surface area contributed by atoms with Gasteiger partial charge in [0.25, 0.3) is 0 Å². The van der Waals surface area contributed by atoms with Gasteiger partial charge >= 0.3 is 7.12 Å². The molecule has 0 unspecified atom stereocenters. The maximum absolute atomic E-state index is 9.08. The largest absolute Gasteiger partial charge is 0.488 e. The zero-order valence-corrected chi connectivity index (χ0v) is 8.13. The number of nitrogens with one attached hydrogen (secondary N) is 1. The van der Waals surface area contributed by atoms with Gasteiger partial charge in [-0.2, -0.15) is 0 Å². The van der Waals surface area contributed by atoms with Crippen LogP contribution >= 0.6 is 0 Å².